The fraction of sp³-hybridized carbons (Fsp3) is 0.231. The van der Waals surface area contributed by atoms with E-state index in [1.54, 1.807) is 18.4 Å². The van der Waals surface area contributed by atoms with E-state index in [0.717, 1.165) is 28.3 Å². The van der Waals surface area contributed by atoms with Gasteiger partial charge in [-0.1, -0.05) is 29.5 Å². The summed E-state index contributed by atoms with van der Waals surface area (Å²) < 4.78 is 10.9. The summed E-state index contributed by atoms with van der Waals surface area (Å²) in [6.07, 6.45) is 2.23. The molecule has 0 unspecified atom stereocenters. The number of amidine groups is 1. The molecule has 0 fully saturated rings. The Balaban J connectivity index is 1.32. The van der Waals surface area contributed by atoms with Crippen molar-refractivity contribution < 1.29 is 18.7 Å². The van der Waals surface area contributed by atoms with E-state index in [-0.39, 0.29) is 24.3 Å². The van der Waals surface area contributed by atoms with E-state index in [9.17, 15) is 9.59 Å². The monoisotopic (exact) mass is 488 g/mol. The standard InChI is InChI=1S/C26H24N4O4S/c1-16-5-9-18(10-6-16)27-24(31)15-23-25(32)28-26(35-23)30-21(22-4-3-13-34-22)14-20(29-30)17-7-11-19(33-2)12-8-17/h3-13,21,23H,14-15H2,1-2H3,(H,27,31)/t21-,23-/m0/s1. The van der Waals surface area contributed by atoms with Gasteiger partial charge in [-0.3, -0.25) is 9.59 Å². The Labute approximate surface area is 207 Å². The van der Waals surface area contributed by atoms with Gasteiger partial charge in [0.1, 0.15) is 22.8 Å². The largest absolute Gasteiger partial charge is 0.497 e. The summed E-state index contributed by atoms with van der Waals surface area (Å²) >= 11 is 1.26. The maximum absolute atomic E-state index is 12.7. The van der Waals surface area contributed by atoms with E-state index in [2.05, 4.69) is 10.3 Å². The molecule has 5 rings (SSSR count). The molecule has 2 aliphatic heterocycles. The summed E-state index contributed by atoms with van der Waals surface area (Å²) in [4.78, 5) is 29.5. The maximum Gasteiger partial charge on any atom is 0.262 e. The molecule has 0 spiro atoms. The van der Waals surface area contributed by atoms with Gasteiger partial charge in [0, 0.05) is 18.5 Å². The predicted molar refractivity (Wildman–Crippen MR) is 136 cm³/mol. The lowest BCUT2D eigenvalue weighted by Crippen LogP contribution is -2.24. The van der Waals surface area contributed by atoms with Crippen molar-refractivity contribution in [3.05, 3.63) is 83.8 Å². The zero-order chi connectivity index (χ0) is 24.4. The number of benzene rings is 2. The number of carbonyl (C=O) groups excluding carboxylic acids is 2. The SMILES string of the molecule is COc1ccc(C2=NN(C3=NC(=O)[C@H](CC(=O)Nc4ccc(C)cc4)S3)[C@H](c3ccco3)C2)cc1. The molecule has 2 atom stereocenters. The molecule has 178 valence electrons. The number of anilines is 1. The van der Waals surface area contributed by atoms with Crippen LogP contribution in [0.4, 0.5) is 5.69 Å². The molecular weight excluding hydrogens is 464 g/mol. The highest BCUT2D eigenvalue weighted by Gasteiger charge is 2.40. The van der Waals surface area contributed by atoms with E-state index in [4.69, 9.17) is 14.3 Å². The summed E-state index contributed by atoms with van der Waals surface area (Å²) in [5, 5.41) is 9.25. The molecule has 0 radical (unpaired) electrons. The molecule has 35 heavy (non-hydrogen) atoms. The second-order valence-electron chi connectivity index (χ2n) is 8.31. The maximum atomic E-state index is 12.7. The van der Waals surface area contributed by atoms with Crippen LogP contribution >= 0.6 is 11.8 Å². The Kier molecular flexibility index (Phi) is 6.41. The number of hydrogen-bond donors (Lipinski definition) is 1. The van der Waals surface area contributed by atoms with Crippen molar-refractivity contribution >= 4 is 40.1 Å². The van der Waals surface area contributed by atoms with Gasteiger partial charge in [0.05, 0.1) is 19.1 Å². The van der Waals surface area contributed by atoms with Crippen LogP contribution in [0, 0.1) is 6.92 Å². The van der Waals surface area contributed by atoms with Crippen LogP contribution in [0.25, 0.3) is 0 Å². The number of carbonyl (C=O) groups is 2. The smallest absolute Gasteiger partial charge is 0.262 e. The van der Waals surface area contributed by atoms with Crippen molar-refractivity contribution in [3.8, 4) is 5.75 Å². The number of thioether (sulfide) groups is 1. The third kappa shape index (κ3) is 5.00. The van der Waals surface area contributed by atoms with Crippen LogP contribution in [0.2, 0.25) is 0 Å². The van der Waals surface area contributed by atoms with E-state index in [0.29, 0.717) is 17.3 Å². The molecule has 9 heteroatoms. The van der Waals surface area contributed by atoms with E-state index in [1.165, 1.54) is 11.8 Å². The Morgan fingerprint density at radius 1 is 1.17 bits per heavy atom. The first-order valence-corrected chi connectivity index (χ1v) is 12.1. The Bertz CT molecular complexity index is 1280. The normalized spacial score (nSPS) is 19.5. The molecule has 3 aromatic rings. The van der Waals surface area contributed by atoms with E-state index >= 15 is 0 Å². The summed E-state index contributed by atoms with van der Waals surface area (Å²) in [7, 11) is 1.63. The number of nitrogens with zero attached hydrogens (tertiary/aromatic N) is 3. The summed E-state index contributed by atoms with van der Waals surface area (Å²) in [5.41, 5.74) is 3.61. The van der Waals surface area contributed by atoms with Gasteiger partial charge in [-0.2, -0.15) is 10.1 Å². The van der Waals surface area contributed by atoms with Gasteiger partial charge < -0.3 is 14.5 Å². The zero-order valence-electron chi connectivity index (χ0n) is 19.3. The van der Waals surface area contributed by atoms with Crippen LogP contribution in [0.15, 0.2) is 81.4 Å². The summed E-state index contributed by atoms with van der Waals surface area (Å²) in [6.45, 7) is 1.98. The highest BCUT2D eigenvalue weighted by atomic mass is 32.2. The van der Waals surface area contributed by atoms with Gasteiger partial charge in [-0.05, 0) is 61.0 Å². The molecule has 8 nitrogen and oxygen atoms in total. The molecule has 2 aliphatic rings. The molecule has 1 N–H and O–H groups in total. The molecule has 0 saturated heterocycles. The minimum absolute atomic E-state index is 0.0265. The van der Waals surface area contributed by atoms with Crippen LogP contribution in [0.3, 0.4) is 0 Å². The van der Waals surface area contributed by atoms with Gasteiger partial charge in [-0.25, -0.2) is 5.01 Å². The highest BCUT2D eigenvalue weighted by Crippen LogP contribution is 2.38. The van der Waals surface area contributed by atoms with Crippen molar-refractivity contribution in [2.24, 2.45) is 10.1 Å². The lowest BCUT2D eigenvalue weighted by molar-refractivity contribution is -0.121. The van der Waals surface area contributed by atoms with Gasteiger partial charge in [-0.15, -0.1) is 0 Å². The van der Waals surface area contributed by atoms with Crippen LogP contribution in [-0.2, 0) is 9.59 Å². The summed E-state index contributed by atoms with van der Waals surface area (Å²) in [5.74, 6) is 0.923. The number of aryl methyl sites for hydroxylation is 1. The number of hydrogen-bond acceptors (Lipinski definition) is 7. The van der Waals surface area contributed by atoms with Crippen LogP contribution in [0.5, 0.6) is 5.75 Å². The Morgan fingerprint density at radius 3 is 2.63 bits per heavy atom. The number of ether oxygens (including phenoxy) is 1. The molecule has 0 aliphatic carbocycles. The first kappa shape index (κ1) is 22.9. The van der Waals surface area contributed by atoms with E-state index < -0.39 is 5.25 Å². The van der Waals surface area contributed by atoms with Gasteiger partial charge in [0.15, 0.2) is 5.17 Å². The number of methoxy groups -OCH3 is 1. The van der Waals surface area contributed by atoms with Crippen LogP contribution in [-0.4, -0.2) is 40.1 Å². The average Bonchev–Trinajstić information content (AvgIpc) is 3.61. The second-order valence-corrected chi connectivity index (χ2v) is 9.48. The number of amides is 2. The minimum Gasteiger partial charge on any atom is -0.497 e. The molecule has 0 saturated carbocycles. The fourth-order valence-electron chi connectivity index (χ4n) is 3.97. The van der Waals surface area contributed by atoms with Crippen molar-refractivity contribution in [2.75, 3.05) is 12.4 Å². The quantitative estimate of drug-likeness (QED) is 0.537. The highest BCUT2D eigenvalue weighted by molar-refractivity contribution is 8.15. The zero-order valence-corrected chi connectivity index (χ0v) is 20.1. The lowest BCUT2D eigenvalue weighted by atomic mass is 10.0. The number of rotatable bonds is 6. The van der Waals surface area contributed by atoms with Crippen molar-refractivity contribution in [3.63, 3.8) is 0 Å². The third-order valence-electron chi connectivity index (χ3n) is 5.84. The average molecular weight is 489 g/mol. The number of furan rings is 1. The summed E-state index contributed by atoms with van der Waals surface area (Å²) in [6, 6.07) is 18.7. The molecule has 1 aromatic heterocycles. The molecule has 0 bridgehead atoms. The van der Waals surface area contributed by atoms with Crippen LogP contribution in [0.1, 0.15) is 35.8 Å². The lowest BCUT2D eigenvalue weighted by Gasteiger charge is -2.20. The topological polar surface area (TPSA) is 96.5 Å². The molecule has 2 aromatic carbocycles. The first-order valence-electron chi connectivity index (χ1n) is 11.2. The number of nitrogens with one attached hydrogen (secondary N) is 1. The predicted octanol–water partition coefficient (Wildman–Crippen LogP) is 4.77. The van der Waals surface area contributed by atoms with Crippen molar-refractivity contribution in [2.45, 2.75) is 31.1 Å². The minimum atomic E-state index is -0.604. The third-order valence-corrected chi connectivity index (χ3v) is 6.98. The number of hydrazone groups is 1. The molecule has 2 amide bonds. The molecular formula is C26H24N4O4S. The van der Waals surface area contributed by atoms with Gasteiger partial charge >= 0.3 is 0 Å². The van der Waals surface area contributed by atoms with Crippen LogP contribution < -0.4 is 10.1 Å². The van der Waals surface area contributed by atoms with E-state index in [1.807, 2.05) is 67.6 Å². The Hall–Kier alpha value is -3.85. The number of aliphatic imine (C=N–C) groups is 1. The second kappa shape index (κ2) is 9.79. The van der Waals surface area contributed by atoms with Gasteiger partial charge in [0.25, 0.3) is 5.91 Å². The van der Waals surface area contributed by atoms with Gasteiger partial charge in [0.2, 0.25) is 5.91 Å². The van der Waals surface area contributed by atoms with Crippen molar-refractivity contribution in [1.29, 1.82) is 0 Å². The molecule has 3 heterocycles. The van der Waals surface area contributed by atoms with Crippen molar-refractivity contribution in [1.82, 2.24) is 5.01 Å². The first-order chi connectivity index (χ1) is 17.0. The fourth-order valence-corrected chi connectivity index (χ4v) is 5.03. The Morgan fingerprint density at radius 2 is 1.94 bits per heavy atom.